The number of aryl methyl sites for hydroxylation is 2. The van der Waals surface area contributed by atoms with Gasteiger partial charge in [0.05, 0.1) is 6.61 Å². The molecule has 0 saturated carbocycles. The fourth-order valence-electron chi connectivity index (χ4n) is 1.52. The summed E-state index contributed by atoms with van der Waals surface area (Å²) >= 11 is 0. The lowest BCUT2D eigenvalue weighted by Gasteiger charge is -2.16. The van der Waals surface area contributed by atoms with Crippen LogP contribution in [0, 0.1) is 6.92 Å². The first-order valence-corrected chi connectivity index (χ1v) is 5.60. The summed E-state index contributed by atoms with van der Waals surface area (Å²) in [5, 5.41) is 16.7. The van der Waals surface area contributed by atoms with Gasteiger partial charge in [0.2, 0.25) is 0 Å². The van der Waals surface area contributed by atoms with Gasteiger partial charge in [-0.2, -0.15) is 5.10 Å². The minimum atomic E-state index is 0.188. The maximum atomic E-state index is 9.16. The number of nitrogens with one attached hydrogen (secondary N) is 1. The average molecular weight is 211 g/mol. The molecule has 2 N–H and O–H groups in total. The second kappa shape index (κ2) is 6.58. The van der Waals surface area contributed by atoms with E-state index in [4.69, 9.17) is 5.11 Å². The van der Waals surface area contributed by atoms with Gasteiger partial charge < -0.3 is 10.4 Å². The molecule has 1 unspecified atom stereocenters. The van der Waals surface area contributed by atoms with E-state index in [1.807, 2.05) is 23.9 Å². The molecule has 86 valence electrons. The summed E-state index contributed by atoms with van der Waals surface area (Å²) in [5.74, 6) is 0. The van der Waals surface area contributed by atoms with Gasteiger partial charge in [-0.05, 0) is 32.4 Å². The Balaban J connectivity index is 2.31. The van der Waals surface area contributed by atoms with E-state index in [9.17, 15) is 0 Å². The van der Waals surface area contributed by atoms with Crippen LogP contribution in [-0.4, -0.2) is 34.1 Å². The van der Waals surface area contributed by atoms with E-state index >= 15 is 0 Å². The van der Waals surface area contributed by atoms with Gasteiger partial charge in [-0.25, -0.2) is 0 Å². The van der Waals surface area contributed by atoms with Gasteiger partial charge in [0.25, 0.3) is 0 Å². The van der Waals surface area contributed by atoms with Crippen LogP contribution in [0.3, 0.4) is 0 Å². The third-order valence-electron chi connectivity index (χ3n) is 2.52. The Morgan fingerprint density at radius 3 is 2.93 bits per heavy atom. The van der Waals surface area contributed by atoms with Crippen molar-refractivity contribution < 1.29 is 5.11 Å². The number of aromatic nitrogens is 2. The third-order valence-corrected chi connectivity index (χ3v) is 2.52. The van der Waals surface area contributed by atoms with Crippen molar-refractivity contribution in [1.82, 2.24) is 15.1 Å². The lowest BCUT2D eigenvalue weighted by Crippen LogP contribution is -2.34. The van der Waals surface area contributed by atoms with Gasteiger partial charge in [0.15, 0.2) is 0 Å². The predicted molar refractivity (Wildman–Crippen MR) is 60.7 cm³/mol. The van der Waals surface area contributed by atoms with E-state index in [1.165, 1.54) is 5.69 Å². The van der Waals surface area contributed by atoms with Crippen LogP contribution in [0.4, 0.5) is 0 Å². The van der Waals surface area contributed by atoms with E-state index in [1.54, 1.807) is 0 Å². The van der Waals surface area contributed by atoms with Crippen molar-refractivity contribution in [2.75, 3.05) is 13.2 Å². The number of rotatable bonds is 7. The topological polar surface area (TPSA) is 50.1 Å². The van der Waals surface area contributed by atoms with Crippen molar-refractivity contribution in [3.63, 3.8) is 0 Å². The quantitative estimate of drug-likeness (QED) is 0.706. The number of nitrogens with zero attached hydrogens (tertiary/aromatic N) is 2. The van der Waals surface area contributed by atoms with Crippen LogP contribution in [0.2, 0.25) is 0 Å². The van der Waals surface area contributed by atoms with Crippen LogP contribution >= 0.6 is 0 Å². The Bertz CT molecular complexity index is 273. The molecule has 15 heavy (non-hydrogen) atoms. The summed E-state index contributed by atoms with van der Waals surface area (Å²) in [6.07, 6.45) is 3.82. The van der Waals surface area contributed by atoms with Crippen LogP contribution in [0.5, 0.6) is 0 Å². The Morgan fingerprint density at radius 1 is 1.60 bits per heavy atom. The Hall–Kier alpha value is -0.870. The zero-order chi connectivity index (χ0) is 11.1. The molecule has 0 bridgehead atoms. The van der Waals surface area contributed by atoms with Gasteiger partial charge in [-0.3, -0.25) is 4.68 Å². The SMILES string of the molecule is CCCNC(CO)CCn1nccc1C. The molecule has 1 rings (SSSR count). The van der Waals surface area contributed by atoms with Crippen LogP contribution in [0.1, 0.15) is 25.5 Å². The number of aliphatic hydroxyl groups excluding tert-OH is 1. The summed E-state index contributed by atoms with van der Waals surface area (Å²) in [7, 11) is 0. The van der Waals surface area contributed by atoms with Crippen molar-refractivity contribution >= 4 is 0 Å². The Labute approximate surface area is 91.3 Å². The fourth-order valence-corrected chi connectivity index (χ4v) is 1.52. The molecule has 1 aromatic heterocycles. The molecule has 4 heteroatoms. The molecule has 0 aliphatic heterocycles. The van der Waals surface area contributed by atoms with Gasteiger partial charge in [0.1, 0.15) is 0 Å². The third kappa shape index (κ3) is 4.01. The normalized spacial score (nSPS) is 13.0. The first-order chi connectivity index (χ1) is 7.27. The molecule has 0 aliphatic carbocycles. The molecule has 0 aliphatic rings. The first-order valence-electron chi connectivity index (χ1n) is 5.60. The number of hydrogen-bond donors (Lipinski definition) is 2. The molecule has 0 saturated heterocycles. The standard InChI is InChI=1S/C11H21N3O/c1-3-6-12-11(9-15)5-8-14-10(2)4-7-13-14/h4,7,11-12,15H,3,5-6,8-9H2,1-2H3. The van der Waals surface area contributed by atoms with Crippen molar-refractivity contribution in [2.45, 2.75) is 39.3 Å². The van der Waals surface area contributed by atoms with Crippen molar-refractivity contribution in [3.8, 4) is 0 Å². The van der Waals surface area contributed by atoms with E-state index in [0.717, 1.165) is 25.9 Å². The highest BCUT2D eigenvalue weighted by atomic mass is 16.3. The van der Waals surface area contributed by atoms with Crippen molar-refractivity contribution in [2.24, 2.45) is 0 Å². The van der Waals surface area contributed by atoms with Crippen molar-refractivity contribution in [3.05, 3.63) is 18.0 Å². The van der Waals surface area contributed by atoms with Gasteiger partial charge in [0, 0.05) is 24.5 Å². The second-order valence-corrected chi connectivity index (χ2v) is 3.82. The van der Waals surface area contributed by atoms with E-state index < -0.39 is 0 Å². The number of aliphatic hydroxyl groups is 1. The highest BCUT2D eigenvalue weighted by molar-refractivity contribution is 4.96. The lowest BCUT2D eigenvalue weighted by molar-refractivity contribution is 0.230. The largest absolute Gasteiger partial charge is 0.395 e. The molecule has 0 aromatic carbocycles. The van der Waals surface area contributed by atoms with Gasteiger partial charge in [-0.1, -0.05) is 6.92 Å². The van der Waals surface area contributed by atoms with E-state index in [2.05, 4.69) is 17.3 Å². The monoisotopic (exact) mass is 211 g/mol. The highest BCUT2D eigenvalue weighted by Gasteiger charge is 2.06. The molecular weight excluding hydrogens is 190 g/mol. The van der Waals surface area contributed by atoms with E-state index in [0.29, 0.717) is 0 Å². The second-order valence-electron chi connectivity index (χ2n) is 3.82. The summed E-state index contributed by atoms with van der Waals surface area (Å²) in [6.45, 7) is 6.18. The van der Waals surface area contributed by atoms with Crippen LogP contribution in [0.15, 0.2) is 12.3 Å². The maximum absolute atomic E-state index is 9.16. The summed E-state index contributed by atoms with van der Waals surface area (Å²) in [5.41, 5.74) is 1.17. The Morgan fingerprint density at radius 2 is 2.40 bits per heavy atom. The molecule has 1 heterocycles. The fraction of sp³-hybridized carbons (Fsp3) is 0.727. The molecule has 4 nitrogen and oxygen atoms in total. The maximum Gasteiger partial charge on any atom is 0.0585 e. The Kier molecular flexibility index (Phi) is 5.36. The number of hydrogen-bond acceptors (Lipinski definition) is 3. The predicted octanol–water partition coefficient (Wildman–Crippen LogP) is 0.942. The zero-order valence-corrected chi connectivity index (χ0v) is 9.61. The molecule has 0 radical (unpaired) electrons. The van der Waals surface area contributed by atoms with Crippen LogP contribution in [-0.2, 0) is 6.54 Å². The average Bonchev–Trinajstić information content (AvgIpc) is 2.65. The van der Waals surface area contributed by atoms with Gasteiger partial charge in [-0.15, -0.1) is 0 Å². The molecule has 0 fully saturated rings. The summed E-state index contributed by atoms with van der Waals surface area (Å²) in [4.78, 5) is 0. The minimum Gasteiger partial charge on any atom is -0.395 e. The van der Waals surface area contributed by atoms with Crippen molar-refractivity contribution in [1.29, 1.82) is 0 Å². The smallest absolute Gasteiger partial charge is 0.0585 e. The molecule has 0 spiro atoms. The minimum absolute atomic E-state index is 0.188. The molecular formula is C11H21N3O. The zero-order valence-electron chi connectivity index (χ0n) is 9.61. The first kappa shape index (κ1) is 12.2. The summed E-state index contributed by atoms with van der Waals surface area (Å²) < 4.78 is 1.97. The lowest BCUT2D eigenvalue weighted by atomic mass is 10.2. The molecule has 1 aromatic rings. The van der Waals surface area contributed by atoms with Crippen LogP contribution < -0.4 is 5.32 Å². The molecule has 1 atom stereocenters. The highest BCUT2D eigenvalue weighted by Crippen LogP contribution is 2.00. The summed E-state index contributed by atoms with van der Waals surface area (Å²) in [6, 6.07) is 2.18. The van der Waals surface area contributed by atoms with Gasteiger partial charge >= 0.3 is 0 Å². The molecule has 0 amide bonds. The van der Waals surface area contributed by atoms with E-state index in [-0.39, 0.29) is 12.6 Å². The van der Waals surface area contributed by atoms with Crippen LogP contribution in [0.25, 0.3) is 0 Å².